The summed E-state index contributed by atoms with van der Waals surface area (Å²) in [6, 6.07) is 5.69. The van der Waals surface area contributed by atoms with Crippen LogP contribution >= 0.6 is 0 Å². The molecule has 122 valence electrons. The average Bonchev–Trinajstić information content (AvgIpc) is 3.12. The maximum absolute atomic E-state index is 12.6. The van der Waals surface area contributed by atoms with Crippen molar-refractivity contribution in [1.29, 1.82) is 0 Å². The lowest BCUT2D eigenvalue weighted by atomic mass is 9.67. The zero-order chi connectivity index (χ0) is 16.0. The molecule has 2 heterocycles. The minimum atomic E-state index is -0.0457. The lowest BCUT2D eigenvalue weighted by molar-refractivity contribution is -0.0809. The van der Waals surface area contributed by atoms with E-state index in [2.05, 4.69) is 15.3 Å². The highest BCUT2D eigenvalue weighted by Crippen LogP contribution is 2.43. The maximum atomic E-state index is 12.6. The number of fused-ring (bicyclic) bond motifs is 2. The van der Waals surface area contributed by atoms with Crippen LogP contribution in [0.4, 0.5) is 0 Å². The van der Waals surface area contributed by atoms with Gasteiger partial charge in [0, 0.05) is 37.2 Å². The zero-order valence-electron chi connectivity index (χ0n) is 13.3. The molecule has 1 aliphatic carbocycles. The third kappa shape index (κ3) is 2.42. The van der Waals surface area contributed by atoms with Gasteiger partial charge in [-0.2, -0.15) is 0 Å². The number of carbonyl (C=O) groups is 1. The number of nitrogens with one attached hydrogen (secondary N) is 2. The van der Waals surface area contributed by atoms with E-state index in [0.29, 0.717) is 18.1 Å². The lowest BCUT2D eigenvalue weighted by Crippen LogP contribution is -2.62. The second-order valence-corrected chi connectivity index (χ2v) is 6.46. The molecule has 0 bridgehead atoms. The molecule has 4 atom stereocenters. The summed E-state index contributed by atoms with van der Waals surface area (Å²) in [4.78, 5) is 20.1. The van der Waals surface area contributed by atoms with Gasteiger partial charge in [-0.1, -0.05) is 0 Å². The first-order valence-corrected chi connectivity index (χ1v) is 8.05. The Bertz CT molecular complexity index is 742. The molecule has 23 heavy (non-hydrogen) atoms. The summed E-state index contributed by atoms with van der Waals surface area (Å²) in [6.45, 7) is 3.30. The van der Waals surface area contributed by atoms with Gasteiger partial charge >= 0.3 is 0 Å². The van der Waals surface area contributed by atoms with Crippen LogP contribution in [0.2, 0.25) is 0 Å². The molecule has 4 rings (SSSR count). The van der Waals surface area contributed by atoms with Crippen molar-refractivity contribution >= 4 is 16.9 Å². The molecule has 1 saturated carbocycles. The molecule has 2 aliphatic rings. The highest BCUT2D eigenvalue weighted by atomic mass is 16.5. The monoisotopic (exact) mass is 315 g/mol. The van der Waals surface area contributed by atoms with Crippen molar-refractivity contribution in [3.05, 3.63) is 29.6 Å². The van der Waals surface area contributed by atoms with E-state index in [0.717, 1.165) is 29.9 Å². The topological polar surface area (TPSA) is 76.2 Å². The van der Waals surface area contributed by atoms with Crippen molar-refractivity contribution in [2.24, 2.45) is 11.8 Å². The second-order valence-electron chi connectivity index (χ2n) is 6.46. The van der Waals surface area contributed by atoms with Crippen LogP contribution in [0.3, 0.4) is 0 Å². The highest BCUT2D eigenvalue weighted by molar-refractivity contribution is 5.97. The number of methoxy groups -OCH3 is 1. The molecule has 4 unspecified atom stereocenters. The lowest BCUT2D eigenvalue weighted by Gasteiger charge is -2.47. The maximum Gasteiger partial charge on any atom is 0.251 e. The predicted molar refractivity (Wildman–Crippen MR) is 85.3 cm³/mol. The Morgan fingerprint density at radius 2 is 2.39 bits per heavy atom. The fraction of sp³-hybridized carbons (Fsp3) is 0.529. The molecular formula is C17H21N3O3. The number of amides is 1. The van der Waals surface area contributed by atoms with E-state index in [-0.39, 0.29) is 24.0 Å². The number of aromatic amines is 1. The number of nitrogens with zero attached hydrogens (tertiary/aromatic N) is 1. The molecule has 2 fully saturated rings. The number of hydrogen-bond acceptors (Lipinski definition) is 4. The van der Waals surface area contributed by atoms with Crippen LogP contribution in [0, 0.1) is 18.8 Å². The number of carbonyl (C=O) groups excluding carboxylic acids is 1. The predicted octanol–water partition coefficient (Wildman–Crippen LogP) is 1.65. The summed E-state index contributed by atoms with van der Waals surface area (Å²) >= 11 is 0. The Labute approximate surface area is 134 Å². The Morgan fingerprint density at radius 1 is 1.52 bits per heavy atom. The number of hydrogen-bond donors (Lipinski definition) is 2. The summed E-state index contributed by atoms with van der Waals surface area (Å²) in [6.07, 6.45) is 1.24. The number of aromatic nitrogens is 2. The standard InChI is InChI=1S/C17H21N3O3/c1-9-18-13-4-3-10(7-14(13)19-9)17(21)20-15-11-5-6-23-16(11)12(15)8-22-2/h3-4,7,11-12,15-16H,5-6,8H2,1-2H3,(H,18,19)(H,20,21). The number of H-pyrrole nitrogens is 1. The Kier molecular flexibility index (Phi) is 3.58. The van der Waals surface area contributed by atoms with Gasteiger partial charge in [-0.25, -0.2) is 4.98 Å². The quantitative estimate of drug-likeness (QED) is 0.899. The third-order valence-electron chi connectivity index (χ3n) is 5.05. The smallest absolute Gasteiger partial charge is 0.251 e. The Morgan fingerprint density at radius 3 is 3.22 bits per heavy atom. The summed E-state index contributed by atoms with van der Waals surface area (Å²) < 4.78 is 11.0. The van der Waals surface area contributed by atoms with Crippen LogP contribution < -0.4 is 5.32 Å². The minimum absolute atomic E-state index is 0.0457. The first kappa shape index (κ1) is 14.7. The van der Waals surface area contributed by atoms with Gasteiger partial charge in [0.25, 0.3) is 5.91 Å². The number of ether oxygens (including phenoxy) is 2. The van der Waals surface area contributed by atoms with Gasteiger partial charge in [0.15, 0.2) is 0 Å². The van der Waals surface area contributed by atoms with Crippen molar-refractivity contribution in [2.45, 2.75) is 25.5 Å². The van der Waals surface area contributed by atoms with Crippen molar-refractivity contribution in [3.63, 3.8) is 0 Å². The molecule has 2 aromatic rings. The molecule has 2 N–H and O–H groups in total. The van der Waals surface area contributed by atoms with Crippen LogP contribution in [0.15, 0.2) is 18.2 Å². The van der Waals surface area contributed by atoms with Gasteiger partial charge in [-0.3, -0.25) is 4.79 Å². The number of imidazole rings is 1. The van der Waals surface area contributed by atoms with Crippen molar-refractivity contribution in [1.82, 2.24) is 15.3 Å². The van der Waals surface area contributed by atoms with Gasteiger partial charge in [-0.15, -0.1) is 0 Å². The van der Waals surface area contributed by atoms with Crippen LogP contribution in [0.1, 0.15) is 22.6 Å². The SMILES string of the molecule is COCC1C(NC(=O)c2ccc3nc(C)[nH]c3c2)C2CCOC21. The molecule has 1 amide bonds. The number of aryl methyl sites for hydroxylation is 1. The van der Waals surface area contributed by atoms with E-state index in [4.69, 9.17) is 9.47 Å². The van der Waals surface area contributed by atoms with Crippen LogP contribution in [-0.2, 0) is 9.47 Å². The molecule has 6 nitrogen and oxygen atoms in total. The molecular weight excluding hydrogens is 294 g/mol. The fourth-order valence-electron chi connectivity index (χ4n) is 3.95. The van der Waals surface area contributed by atoms with Gasteiger partial charge in [0.1, 0.15) is 5.82 Å². The van der Waals surface area contributed by atoms with E-state index in [1.165, 1.54) is 0 Å². The van der Waals surface area contributed by atoms with E-state index in [1.807, 2.05) is 25.1 Å². The third-order valence-corrected chi connectivity index (χ3v) is 5.05. The molecule has 1 aliphatic heterocycles. The summed E-state index contributed by atoms with van der Waals surface area (Å²) in [7, 11) is 1.69. The largest absolute Gasteiger partial charge is 0.384 e. The van der Waals surface area contributed by atoms with Crippen LogP contribution in [-0.4, -0.2) is 48.3 Å². The summed E-state index contributed by atoms with van der Waals surface area (Å²) in [5.74, 6) is 1.46. The number of rotatable bonds is 4. The summed E-state index contributed by atoms with van der Waals surface area (Å²) in [5, 5.41) is 3.18. The molecule has 1 aromatic carbocycles. The molecule has 0 radical (unpaired) electrons. The van der Waals surface area contributed by atoms with Crippen molar-refractivity contribution in [2.75, 3.05) is 20.3 Å². The van der Waals surface area contributed by atoms with Gasteiger partial charge in [0.2, 0.25) is 0 Å². The van der Waals surface area contributed by atoms with Gasteiger partial charge < -0.3 is 19.8 Å². The van der Waals surface area contributed by atoms with Gasteiger partial charge in [0.05, 0.1) is 23.7 Å². The highest BCUT2D eigenvalue weighted by Gasteiger charge is 2.54. The Balaban J connectivity index is 1.51. The van der Waals surface area contributed by atoms with Crippen LogP contribution in [0.25, 0.3) is 11.0 Å². The first-order chi connectivity index (χ1) is 11.2. The summed E-state index contributed by atoms with van der Waals surface area (Å²) in [5.41, 5.74) is 2.42. The van der Waals surface area contributed by atoms with Crippen molar-refractivity contribution < 1.29 is 14.3 Å². The molecule has 1 aromatic heterocycles. The minimum Gasteiger partial charge on any atom is -0.384 e. The van der Waals surface area contributed by atoms with Crippen molar-refractivity contribution in [3.8, 4) is 0 Å². The second kappa shape index (κ2) is 5.62. The molecule has 1 saturated heterocycles. The average molecular weight is 315 g/mol. The fourth-order valence-corrected chi connectivity index (χ4v) is 3.95. The van der Waals surface area contributed by atoms with E-state index in [9.17, 15) is 4.79 Å². The van der Waals surface area contributed by atoms with E-state index >= 15 is 0 Å². The Hall–Kier alpha value is -1.92. The zero-order valence-corrected chi connectivity index (χ0v) is 13.3. The van der Waals surface area contributed by atoms with E-state index in [1.54, 1.807) is 7.11 Å². The van der Waals surface area contributed by atoms with Gasteiger partial charge in [-0.05, 0) is 31.5 Å². The number of benzene rings is 1. The normalized spacial score (nSPS) is 29.3. The molecule has 6 heteroatoms. The first-order valence-electron chi connectivity index (χ1n) is 8.05. The van der Waals surface area contributed by atoms with Crippen LogP contribution in [0.5, 0.6) is 0 Å². The van der Waals surface area contributed by atoms with E-state index < -0.39 is 0 Å². The molecule has 0 spiro atoms.